The molecule has 1 heterocycles. The fourth-order valence-electron chi connectivity index (χ4n) is 2.52. The van der Waals surface area contributed by atoms with Crippen molar-refractivity contribution in [2.45, 2.75) is 20.0 Å². The molecule has 0 aromatic heterocycles. The van der Waals surface area contributed by atoms with Gasteiger partial charge in [0.1, 0.15) is 5.75 Å². The molecule has 144 valence electrons. The number of hydrogen-bond acceptors (Lipinski definition) is 6. The number of amides is 1. The third-order valence-corrected chi connectivity index (χ3v) is 5.65. The summed E-state index contributed by atoms with van der Waals surface area (Å²) in [6, 6.07) is 11.3. The summed E-state index contributed by atoms with van der Waals surface area (Å²) in [6.07, 6.45) is 1.81. The predicted molar refractivity (Wildman–Crippen MR) is 119 cm³/mol. The van der Waals surface area contributed by atoms with Crippen LogP contribution in [0.15, 0.2) is 51.8 Å². The smallest absolute Gasteiger partial charge is 0.270 e. The van der Waals surface area contributed by atoms with Crippen LogP contribution < -0.4 is 9.64 Å². The van der Waals surface area contributed by atoms with Gasteiger partial charge in [0, 0.05) is 12.1 Å². The molecule has 9 heteroatoms. The van der Waals surface area contributed by atoms with Crippen molar-refractivity contribution < 1.29 is 14.5 Å². The first-order chi connectivity index (χ1) is 13.3. The molecule has 0 unspecified atom stereocenters. The fourth-order valence-corrected chi connectivity index (χ4v) is 4.31. The molecular weight excluding hydrogens is 464 g/mol. The summed E-state index contributed by atoms with van der Waals surface area (Å²) >= 11 is 10.0. The van der Waals surface area contributed by atoms with Crippen molar-refractivity contribution in [1.29, 1.82) is 0 Å². The molecule has 0 N–H and O–H groups in total. The summed E-state index contributed by atoms with van der Waals surface area (Å²) in [4.78, 5) is 25.0. The summed E-state index contributed by atoms with van der Waals surface area (Å²) in [5.41, 5.74) is 1.28. The molecule has 1 saturated heterocycles. The number of non-ortho nitro benzene ring substituents is 1. The topological polar surface area (TPSA) is 72.7 Å². The molecule has 28 heavy (non-hydrogen) atoms. The normalized spacial score (nSPS) is 15.6. The number of benzene rings is 2. The number of carbonyl (C=O) groups excluding carboxylic acids is 1. The number of thioether (sulfide) groups is 1. The molecule has 0 atom stereocenters. The quantitative estimate of drug-likeness (QED) is 0.242. The minimum atomic E-state index is -0.488. The molecule has 2 aromatic carbocycles. The first kappa shape index (κ1) is 20.5. The van der Waals surface area contributed by atoms with Gasteiger partial charge in [0.05, 0.1) is 26.1 Å². The van der Waals surface area contributed by atoms with Gasteiger partial charge in [-0.15, -0.1) is 0 Å². The van der Waals surface area contributed by atoms with Gasteiger partial charge in [0.15, 0.2) is 4.32 Å². The fraction of sp³-hybridized carbons (Fsp3) is 0.158. The molecule has 1 amide bonds. The monoisotopic (exact) mass is 478 g/mol. The molecule has 0 saturated carbocycles. The van der Waals surface area contributed by atoms with Gasteiger partial charge in [-0.1, -0.05) is 30.0 Å². The molecule has 1 aliphatic rings. The maximum absolute atomic E-state index is 12.8. The Bertz CT molecular complexity index is 990. The summed E-state index contributed by atoms with van der Waals surface area (Å²) in [7, 11) is 0. The lowest BCUT2D eigenvalue weighted by Crippen LogP contribution is -2.27. The summed E-state index contributed by atoms with van der Waals surface area (Å²) in [5, 5.41) is 10.8. The van der Waals surface area contributed by atoms with Crippen LogP contribution >= 0.6 is 39.9 Å². The van der Waals surface area contributed by atoms with E-state index < -0.39 is 4.92 Å². The Morgan fingerprint density at radius 1 is 1.25 bits per heavy atom. The van der Waals surface area contributed by atoms with E-state index in [0.717, 1.165) is 15.8 Å². The number of nitro groups is 1. The number of rotatable bonds is 5. The number of nitro benzene ring substituents is 1. The zero-order valence-corrected chi connectivity index (χ0v) is 18.1. The summed E-state index contributed by atoms with van der Waals surface area (Å²) < 4.78 is 6.86. The predicted octanol–water partition coefficient (Wildman–Crippen LogP) is 5.55. The number of halogens is 1. The summed E-state index contributed by atoms with van der Waals surface area (Å²) in [6.45, 7) is 3.90. The standard InChI is InChI=1S/C19H15BrN2O4S2/c1-11(2)26-16-8-3-12(9-15(16)20)10-17-18(23)21(19(27)28-17)13-4-6-14(7-5-13)22(24)25/h3-11H,1-2H3/b17-10+. The minimum absolute atomic E-state index is 0.0433. The SMILES string of the molecule is CC(C)Oc1ccc(/C=C2/SC(=S)N(c3ccc([N+](=O)[O-])cc3)C2=O)cc1Br. The van der Waals surface area contributed by atoms with E-state index in [-0.39, 0.29) is 17.7 Å². The average molecular weight is 479 g/mol. The van der Waals surface area contributed by atoms with E-state index >= 15 is 0 Å². The first-order valence-electron chi connectivity index (χ1n) is 8.25. The lowest BCUT2D eigenvalue weighted by Gasteiger charge is -2.14. The van der Waals surface area contributed by atoms with Crippen LogP contribution in [0.3, 0.4) is 0 Å². The second kappa shape index (κ2) is 8.42. The van der Waals surface area contributed by atoms with Crippen LogP contribution in [0.4, 0.5) is 11.4 Å². The van der Waals surface area contributed by atoms with Gasteiger partial charge in [-0.3, -0.25) is 19.8 Å². The maximum atomic E-state index is 12.8. The van der Waals surface area contributed by atoms with Crippen molar-refractivity contribution in [1.82, 2.24) is 0 Å². The number of thiocarbonyl (C=S) groups is 1. The van der Waals surface area contributed by atoms with Crippen LogP contribution in [0, 0.1) is 10.1 Å². The average Bonchev–Trinajstić information content (AvgIpc) is 2.90. The van der Waals surface area contributed by atoms with Crippen molar-refractivity contribution in [3.8, 4) is 5.75 Å². The number of carbonyl (C=O) groups is 1. The van der Waals surface area contributed by atoms with Crippen molar-refractivity contribution in [2.24, 2.45) is 0 Å². The van der Waals surface area contributed by atoms with Crippen molar-refractivity contribution in [3.63, 3.8) is 0 Å². The Morgan fingerprint density at radius 2 is 1.93 bits per heavy atom. The van der Waals surface area contributed by atoms with E-state index in [0.29, 0.717) is 14.9 Å². The molecule has 6 nitrogen and oxygen atoms in total. The number of hydrogen-bond donors (Lipinski definition) is 0. The highest BCUT2D eigenvalue weighted by Gasteiger charge is 2.33. The second-order valence-electron chi connectivity index (χ2n) is 6.15. The van der Waals surface area contributed by atoms with Gasteiger partial charge in [-0.2, -0.15) is 0 Å². The van der Waals surface area contributed by atoms with Crippen LogP contribution in [0.2, 0.25) is 0 Å². The van der Waals surface area contributed by atoms with Crippen molar-refractivity contribution in [2.75, 3.05) is 4.90 Å². The molecule has 1 aliphatic heterocycles. The van der Waals surface area contributed by atoms with Crippen molar-refractivity contribution >= 4 is 67.6 Å². The number of nitrogens with zero attached hydrogens (tertiary/aromatic N) is 2. The highest BCUT2D eigenvalue weighted by molar-refractivity contribution is 9.10. The second-order valence-corrected chi connectivity index (χ2v) is 8.68. The molecule has 0 spiro atoms. The molecular formula is C19H15BrN2O4S2. The third kappa shape index (κ3) is 4.43. The van der Waals surface area contributed by atoms with E-state index in [2.05, 4.69) is 15.9 Å². The van der Waals surface area contributed by atoms with Gasteiger partial charge >= 0.3 is 0 Å². The lowest BCUT2D eigenvalue weighted by atomic mass is 10.2. The van der Waals surface area contributed by atoms with Crippen molar-refractivity contribution in [3.05, 3.63) is 67.5 Å². The maximum Gasteiger partial charge on any atom is 0.270 e. The van der Waals surface area contributed by atoms with Gasteiger partial charge in [0.25, 0.3) is 11.6 Å². The summed E-state index contributed by atoms with van der Waals surface area (Å²) in [5.74, 6) is 0.466. The molecule has 1 fully saturated rings. The van der Waals surface area contributed by atoms with Crippen LogP contribution in [-0.2, 0) is 4.79 Å². The van der Waals surface area contributed by atoms with Crippen LogP contribution in [0.25, 0.3) is 6.08 Å². The molecule has 0 bridgehead atoms. The van der Waals surface area contributed by atoms with E-state index in [1.807, 2.05) is 32.0 Å². The first-order valence-corrected chi connectivity index (χ1v) is 10.3. The third-order valence-electron chi connectivity index (χ3n) is 3.73. The number of ether oxygens (including phenoxy) is 1. The largest absolute Gasteiger partial charge is 0.490 e. The van der Waals surface area contributed by atoms with E-state index in [1.165, 1.54) is 40.9 Å². The Hall–Kier alpha value is -2.23. The highest BCUT2D eigenvalue weighted by Crippen LogP contribution is 2.37. The van der Waals surface area contributed by atoms with E-state index in [1.54, 1.807) is 6.08 Å². The van der Waals surface area contributed by atoms with E-state index in [9.17, 15) is 14.9 Å². The molecule has 2 aromatic rings. The van der Waals surface area contributed by atoms with E-state index in [4.69, 9.17) is 17.0 Å². The molecule has 0 radical (unpaired) electrons. The zero-order valence-electron chi connectivity index (χ0n) is 14.9. The Balaban J connectivity index is 1.85. The Kier molecular flexibility index (Phi) is 6.17. The minimum Gasteiger partial charge on any atom is -0.490 e. The highest BCUT2D eigenvalue weighted by atomic mass is 79.9. The lowest BCUT2D eigenvalue weighted by molar-refractivity contribution is -0.384. The zero-order chi connectivity index (χ0) is 20.4. The Labute approximate surface area is 179 Å². The molecule has 0 aliphatic carbocycles. The number of anilines is 1. The van der Waals surface area contributed by atoms with Gasteiger partial charge < -0.3 is 4.74 Å². The van der Waals surface area contributed by atoms with Gasteiger partial charge in [-0.05, 0) is 65.7 Å². The van der Waals surface area contributed by atoms with Gasteiger partial charge in [0.2, 0.25) is 0 Å². The van der Waals surface area contributed by atoms with Gasteiger partial charge in [-0.25, -0.2) is 0 Å². The van der Waals surface area contributed by atoms with Crippen LogP contribution in [-0.4, -0.2) is 21.3 Å². The van der Waals surface area contributed by atoms with Crippen LogP contribution in [0.5, 0.6) is 5.75 Å². The van der Waals surface area contributed by atoms with Crippen LogP contribution in [0.1, 0.15) is 19.4 Å². The molecule has 3 rings (SSSR count). The Morgan fingerprint density at radius 3 is 2.50 bits per heavy atom.